The first-order valence-corrected chi connectivity index (χ1v) is 10.7. The van der Waals surface area contributed by atoms with Crippen molar-refractivity contribution in [2.24, 2.45) is 17.6 Å². The van der Waals surface area contributed by atoms with E-state index in [0.717, 1.165) is 0 Å². The molecule has 0 saturated heterocycles. The van der Waals surface area contributed by atoms with Crippen LogP contribution in [0.15, 0.2) is 0 Å². The Morgan fingerprint density at radius 3 is 1.73 bits per heavy atom. The molecule has 0 heterocycles. The van der Waals surface area contributed by atoms with E-state index in [-0.39, 0.29) is 17.6 Å². The van der Waals surface area contributed by atoms with Gasteiger partial charge >= 0.3 is 5.97 Å². The van der Waals surface area contributed by atoms with Gasteiger partial charge in [0, 0.05) is 5.75 Å². The summed E-state index contributed by atoms with van der Waals surface area (Å²) in [7, 11) is 0. The van der Waals surface area contributed by atoms with Crippen LogP contribution in [0.4, 0.5) is 0 Å². The molecule has 11 heteroatoms. The van der Waals surface area contributed by atoms with Gasteiger partial charge < -0.3 is 31.9 Å². The molecule has 0 radical (unpaired) electrons. The minimum absolute atomic E-state index is 0.123. The van der Waals surface area contributed by atoms with Gasteiger partial charge in [0.25, 0.3) is 0 Å². The van der Waals surface area contributed by atoms with Crippen LogP contribution in [-0.4, -0.2) is 69.9 Å². The van der Waals surface area contributed by atoms with Gasteiger partial charge in [-0.25, -0.2) is 4.79 Å². The minimum Gasteiger partial charge on any atom is -0.480 e. The Labute approximate surface area is 183 Å². The molecular formula is C19H36N4O6S. The van der Waals surface area contributed by atoms with E-state index in [1.54, 1.807) is 13.8 Å². The Kier molecular flexibility index (Phi) is 12.6. The van der Waals surface area contributed by atoms with Crippen LogP contribution >= 0.6 is 12.6 Å². The first-order chi connectivity index (χ1) is 13.9. The highest BCUT2D eigenvalue weighted by atomic mass is 32.1. The van der Waals surface area contributed by atoms with E-state index < -0.39 is 54.0 Å². The number of carbonyl (C=O) groups excluding carboxylic acids is 3. The van der Waals surface area contributed by atoms with Crippen LogP contribution in [0, 0.1) is 11.8 Å². The van der Waals surface area contributed by atoms with Crippen molar-refractivity contribution in [1.29, 1.82) is 0 Å². The maximum atomic E-state index is 12.8. The summed E-state index contributed by atoms with van der Waals surface area (Å²) in [4.78, 5) is 48.9. The topological polar surface area (TPSA) is 171 Å². The highest BCUT2D eigenvalue weighted by molar-refractivity contribution is 7.80. The number of thiol groups is 1. The Balaban J connectivity index is 5.44. The van der Waals surface area contributed by atoms with Gasteiger partial charge in [-0.15, -0.1) is 0 Å². The summed E-state index contributed by atoms with van der Waals surface area (Å²) >= 11 is 3.91. The lowest BCUT2D eigenvalue weighted by atomic mass is 9.96. The number of nitrogens with two attached hydrogens (primary N) is 1. The third-order valence-electron chi connectivity index (χ3n) is 5.21. The number of nitrogens with one attached hydrogen (secondary N) is 3. The van der Waals surface area contributed by atoms with Crippen molar-refractivity contribution in [2.75, 3.05) is 5.75 Å². The molecule has 0 fully saturated rings. The number of carboxylic acids is 1. The standard InChI is InChI=1S/C19H36N4O6S/c1-6-9(3)13(20)16(25)23-15(11(5)24)18(27)22-14(10(4)7-2)17(26)21-12(8-30)19(28)29/h9-15,24,30H,6-8,20H2,1-5H3,(H,21,26)(H,22,27)(H,23,25)(H,28,29). The van der Waals surface area contributed by atoms with Crippen LogP contribution in [0.5, 0.6) is 0 Å². The molecule has 7 unspecified atom stereocenters. The zero-order chi connectivity index (χ0) is 23.6. The number of amides is 3. The number of aliphatic carboxylic acids is 1. The molecule has 30 heavy (non-hydrogen) atoms. The van der Waals surface area contributed by atoms with Gasteiger partial charge in [-0.2, -0.15) is 12.6 Å². The Morgan fingerprint density at radius 1 is 0.867 bits per heavy atom. The summed E-state index contributed by atoms with van der Waals surface area (Å²) in [5.41, 5.74) is 5.89. The summed E-state index contributed by atoms with van der Waals surface area (Å²) in [5.74, 6) is -3.88. The number of hydrogen-bond acceptors (Lipinski definition) is 7. The Hall–Kier alpha value is -1.85. The minimum atomic E-state index is -1.33. The largest absolute Gasteiger partial charge is 0.480 e. The molecule has 0 aliphatic carbocycles. The SMILES string of the molecule is CCC(C)C(N)C(=O)NC(C(=O)NC(C(=O)NC(CS)C(=O)O)C(C)CC)C(C)O. The van der Waals surface area contributed by atoms with Gasteiger partial charge in [0.15, 0.2) is 0 Å². The van der Waals surface area contributed by atoms with Gasteiger partial charge in [0.1, 0.15) is 18.1 Å². The van der Waals surface area contributed by atoms with Crippen LogP contribution in [0.2, 0.25) is 0 Å². The van der Waals surface area contributed by atoms with Crippen LogP contribution in [0.25, 0.3) is 0 Å². The Morgan fingerprint density at radius 2 is 1.33 bits per heavy atom. The number of aliphatic hydroxyl groups excluding tert-OH is 1. The van der Waals surface area contributed by atoms with Gasteiger partial charge in [0.2, 0.25) is 17.7 Å². The first-order valence-electron chi connectivity index (χ1n) is 10.1. The lowest BCUT2D eigenvalue weighted by molar-refractivity contribution is -0.142. The van der Waals surface area contributed by atoms with Crippen molar-refractivity contribution >= 4 is 36.3 Å². The van der Waals surface area contributed by atoms with E-state index in [9.17, 15) is 24.3 Å². The molecule has 0 spiro atoms. The number of carboxylic acid groups (broad SMARTS) is 1. The van der Waals surface area contributed by atoms with Gasteiger partial charge in [0.05, 0.1) is 12.1 Å². The van der Waals surface area contributed by atoms with E-state index in [1.807, 2.05) is 13.8 Å². The maximum absolute atomic E-state index is 12.8. The molecule has 7 atom stereocenters. The van der Waals surface area contributed by atoms with Crippen molar-refractivity contribution in [1.82, 2.24) is 16.0 Å². The monoisotopic (exact) mass is 448 g/mol. The highest BCUT2D eigenvalue weighted by Gasteiger charge is 2.34. The molecular weight excluding hydrogens is 412 g/mol. The van der Waals surface area contributed by atoms with E-state index >= 15 is 0 Å². The second kappa shape index (κ2) is 13.5. The fraction of sp³-hybridized carbons (Fsp3) is 0.789. The molecule has 0 aromatic carbocycles. The molecule has 3 amide bonds. The summed E-state index contributed by atoms with van der Waals surface area (Å²) in [5, 5.41) is 26.4. The third-order valence-corrected chi connectivity index (χ3v) is 5.58. The molecule has 0 saturated carbocycles. The molecule has 0 aliphatic heterocycles. The van der Waals surface area contributed by atoms with Crippen molar-refractivity contribution in [3.63, 3.8) is 0 Å². The zero-order valence-electron chi connectivity index (χ0n) is 18.2. The average molecular weight is 449 g/mol. The molecule has 174 valence electrons. The van der Waals surface area contributed by atoms with Crippen molar-refractivity contribution < 1.29 is 29.4 Å². The number of carbonyl (C=O) groups is 4. The second-order valence-electron chi connectivity index (χ2n) is 7.59. The van der Waals surface area contributed by atoms with Gasteiger partial charge in [-0.05, 0) is 18.8 Å². The van der Waals surface area contributed by atoms with E-state index in [4.69, 9.17) is 10.8 Å². The molecule has 0 bridgehead atoms. The quantitative estimate of drug-likeness (QED) is 0.182. The molecule has 10 nitrogen and oxygen atoms in total. The van der Waals surface area contributed by atoms with Crippen molar-refractivity contribution in [3.8, 4) is 0 Å². The zero-order valence-corrected chi connectivity index (χ0v) is 19.1. The van der Waals surface area contributed by atoms with E-state index in [2.05, 4.69) is 28.6 Å². The predicted molar refractivity (Wildman–Crippen MR) is 116 cm³/mol. The fourth-order valence-electron chi connectivity index (χ4n) is 2.56. The van der Waals surface area contributed by atoms with Crippen LogP contribution in [0.1, 0.15) is 47.5 Å². The van der Waals surface area contributed by atoms with E-state index in [0.29, 0.717) is 12.8 Å². The normalized spacial score (nSPS) is 18.1. The van der Waals surface area contributed by atoms with Crippen molar-refractivity contribution in [2.45, 2.75) is 77.7 Å². The van der Waals surface area contributed by atoms with Gasteiger partial charge in [-0.1, -0.05) is 40.5 Å². The lowest BCUT2D eigenvalue weighted by Gasteiger charge is -2.29. The Bertz CT molecular complexity index is 604. The summed E-state index contributed by atoms with van der Waals surface area (Å²) in [6.07, 6.45) is -0.0728. The second-order valence-corrected chi connectivity index (χ2v) is 7.96. The third kappa shape index (κ3) is 8.49. The average Bonchev–Trinajstić information content (AvgIpc) is 2.70. The number of hydrogen-bond donors (Lipinski definition) is 7. The summed E-state index contributed by atoms with van der Waals surface area (Å²) in [6, 6.07) is -4.47. The first kappa shape index (κ1) is 28.1. The maximum Gasteiger partial charge on any atom is 0.327 e. The predicted octanol–water partition coefficient (Wildman–Crippen LogP) is -0.744. The lowest BCUT2D eigenvalue weighted by Crippen LogP contribution is -2.61. The van der Waals surface area contributed by atoms with Crippen LogP contribution in [0.3, 0.4) is 0 Å². The number of rotatable bonds is 13. The van der Waals surface area contributed by atoms with Crippen LogP contribution < -0.4 is 21.7 Å². The summed E-state index contributed by atoms with van der Waals surface area (Å²) < 4.78 is 0. The number of aliphatic hydroxyl groups is 1. The molecule has 0 aromatic rings. The molecule has 0 aromatic heterocycles. The molecule has 0 rings (SSSR count). The highest BCUT2D eigenvalue weighted by Crippen LogP contribution is 2.10. The van der Waals surface area contributed by atoms with Crippen molar-refractivity contribution in [3.05, 3.63) is 0 Å². The fourth-order valence-corrected chi connectivity index (χ4v) is 2.81. The molecule has 0 aliphatic rings. The van der Waals surface area contributed by atoms with Crippen LogP contribution in [-0.2, 0) is 19.2 Å². The smallest absolute Gasteiger partial charge is 0.327 e. The van der Waals surface area contributed by atoms with Gasteiger partial charge in [-0.3, -0.25) is 14.4 Å². The molecule has 7 N–H and O–H groups in total. The van der Waals surface area contributed by atoms with E-state index in [1.165, 1.54) is 6.92 Å². The summed E-state index contributed by atoms with van der Waals surface area (Å²) in [6.45, 7) is 8.53.